The third kappa shape index (κ3) is 2.03. The Labute approximate surface area is 76.4 Å². The first-order chi connectivity index (χ1) is 6.16. The van der Waals surface area contributed by atoms with Gasteiger partial charge in [0.05, 0.1) is 5.92 Å². The maximum absolute atomic E-state index is 10.8. The molecule has 1 atom stereocenters. The number of aromatic nitrogens is 1. The number of carbonyl (C=O) groups is 1. The fraction of sp³-hybridized carbons (Fsp3) is 0.333. The van der Waals surface area contributed by atoms with Gasteiger partial charge >= 0.3 is 5.97 Å². The number of aryl methyl sites for hydroxylation is 1. The van der Waals surface area contributed by atoms with E-state index in [1.165, 1.54) is 0 Å². The zero-order chi connectivity index (χ0) is 9.84. The molecular formula is C9H12N2O2. The summed E-state index contributed by atoms with van der Waals surface area (Å²) in [4.78, 5) is 14.7. The number of carboxylic acids is 1. The van der Waals surface area contributed by atoms with Crippen LogP contribution in [0.5, 0.6) is 0 Å². The van der Waals surface area contributed by atoms with Crippen LogP contribution < -0.4 is 5.73 Å². The summed E-state index contributed by atoms with van der Waals surface area (Å²) in [7, 11) is 0. The highest BCUT2D eigenvalue weighted by Crippen LogP contribution is 2.17. The maximum atomic E-state index is 10.8. The quantitative estimate of drug-likeness (QED) is 0.710. The normalized spacial score (nSPS) is 12.5. The first kappa shape index (κ1) is 9.67. The van der Waals surface area contributed by atoms with Crippen molar-refractivity contribution in [2.45, 2.75) is 12.8 Å². The van der Waals surface area contributed by atoms with Crippen LogP contribution in [-0.4, -0.2) is 22.6 Å². The zero-order valence-corrected chi connectivity index (χ0v) is 7.40. The van der Waals surface area contributed by atoms with Crippen LogP contribution in [0.2, 0.25) is 0 Å². The van der Waals surface area contributed by atoms with E-state index in [2.05, 4.69) is 4.98 Å². The molecule has 0 aliphatic carbocycles. The van der Waals surface area contributed by atoms with Crippen LogP contribution in [-0.2, 0) is 4.79 Å². The highest BCUT2D eigenvalue weighted by atomic mass is 16.4. The lowest BCUT2D eigenvalue weighted by Crippen LogP contribution is -2.22. The molecule has 4 nitrogen and oxygen atoms in total. The monoisotopic (exact) mass is 180 g/mol. The van der Waals surface area contributed by atoms with Crippen LogP contribution in [0.1, 0.15) is 17.0 Å². The van der Waals surface area contributed by atoms with E-state index < -0.39 is 11.9 Å². The van der Waals surface area contributed by atoms with E-state index in [1.807, 2.05) is 6.92 Å². The lowest BCUT2D eigenvalue weighted by Gasteiger charge is -2.11. The summed E-state index contributed by atoms with van der Waals surface area (Å²) in [5, 5.41) is 8.84. The second-order valence-corrected chi connectivity index (χ2v) is 2.86. The van der Waals surface area contributed by atoms with E-state index in [0.717, 1.165) is 5.56 Å². The Balaban J connectivity index is 3.04. The molecule has 0 amide bonds. The van der Waals surface area contributed by atoms with Gasteiger partial charge in [0, 0.05) is 18.9 Å². The van der Waals surface area contributed by atoms with E-state index in [1.54, 1.807) is 18.5 Å². The van der Waals surface area contributed by atoms with Gasteiger partial charge in [0.15, 0.2) is 0 Å². The minimum Gasteiger partial charge on any atom is -0.481 e. The number of pyridine rings is 1. The Kier molecular flexibility index (Phi) is 2.97. The molecule has 0 fully saturated rings. The number of carboxylic acid groups (broad SMARTS) is 1. The smallest absolute Gasteiger partial charge is 0.312 e. The Morgan fingerprint density at radius 3 is 2.92 bits per heavy atom. The lowest BCUT2D eigenvalue weighted by molar-refractivity contribution is -0.138. The van der Waals surface area contributed by atoms with E-state index in [9.17, 15) is 4.79 Å². The van der Waals surface area contributed by atoms with Gasteiger partial charge in [0.25, 0.3) is 0 Å². The van der Waals surface area contributed by atoms with Crippen molar-refractivity contribution in [2.75, 3.05) is 6.54 Å². The van der Waals surface area contributed by atoms with E-state index in [0.29, 0.717) is 5.56 Å². The molecule has 70 valence electrons. The van der Waals surface area contributed by atoms with Crippen molar-refractivity contribution in [3.63, 3.8) is 0 Å². The average Bonchev–Trinajstić information content (AvgIpc) is 2.09. The molecule has 0 bridgehead atoms. The molecule has 0 aromatic carbocycles. The SMILES string of the molecule is Cc1ccncc1C(CN)C(=O)O. The molecule has 1 rings (SSSR count). The van der Waals surface area contributed by atoms with Crippen molar-refractivity contribution >= 4 is 5.97 Å². The zero-order valence-electron chi connectivity index (χ0n) is 7.40. The molecule has 1 unspecified atom stereocenters. The molecule has 13 heavy (non-hydrogen) atoms. The summed E-state index contributed by atoms with van der Waals surface area (Å²) >= 11 is 0. The molecule has 0 saturated heterocycles. The predicted octanol–water partition coefficient (Wildman–Crippen LogP) is 0.517. The van der Waals surface area contributed by atoms with Crippen LogP contribution in [0, 0.1) is 6.92 Å². The molecule has 1 heterocycles. The second kappa shape index (κ2) is 4.00. The first-order valence-corrected chi connectivity index (χ1v) is 4.00. The average molecular weight is 180 g/mol. The molecule has 0 aliphatic heterocycles. The number of hydrogen-bond acceptors (Lipinski definition) is 3. The van der Waals surface area contributed by atoms with Crippen molar-refractivity contribution in [3.05, 3.63) is 29.6 Å². The van der Waals surface area contributed by atoms with Crippen molar-refractivity contribution in [1.29, 1.82) is 0 Å². The Morgan fingerprint density at radius 1 is 1.77 bits per heavy atom. The van der Waals surface area contributed by atoms with Crippen LogP contribution in [0.3, 0.4) is 0 Å². The summed E-state index contributed by atoms with van der Waals surface area (Å²) in [6.07, 6.45) is 3.19. The van der Waals surface area contributed by atoms with Crippen LogP contribution in [0.15, 0.2) is 18.5 Å². The summed E-state index contributed by atoms with van der Waals surface area (Å²) in [6.45, 7) is 1.95. The van der Waals surface area contributed by atoms with E-state index in [4.69, 9.17) is 10.8 Å². The second-order valence-electron chi connectivity index (χ2n) is 2.86. The topological polar surface area (TPSA) is 76.2 Å². The molecule has 0 spiro atoms. The predicted molar refractivity (Wildman–Crippen MR) is 48.4 cm³/mol. The Hall–Kier alpha value is -1.42. The summed E-state index contributed by atoms with van der Waals surface area (Å²) in [5.74, 6) is -1.55. The van der Waals surface area contributed by atoms with E-state index in [-0.39, 0.29) is 6.54 Å². The molecule has 0 saturated carbocycles. The van der Waals surface area contributed by atoms with Gasteiger partial charge in [-0.1, -0.05) is 0 Å². The van der Waals surface area contributed by atoms with Gasteiger partial charge < -0.3 is 10.8 Å². The third-order valence-electron chi connectivity index (χ3n) is 1.99. The van der Waals surface area contributed by atoms with Gasteiger partial charge in [-0.3, -0.25) is 9.78 Å². The van der Waals surface area contributed by atoms with Gasteiger partial charge in [0.2, 0.25) is 0 Å². The highest BCUT2D eigenvalue weighted by molar-refractivity contribution is 5.76. The largest absolute Gasteiger partial charge is 0.481 e. The fourth-order valence-corrected chi connectivity index (χ4v) is 1.20. The van der Waals surface area contributed by atoms with Crippen LogP contribution in [0.25, 0.3) is 0 Å². The summed E-state index contributed by atoms with van der Waals surface area (Å²) < 4.78 is 0. The molecule has 0 radical (unpaired) electrons. The highest BCUT2D eigenvalue weighted by Gasteiger charge is 2.19. The molecule has 1 aromatic heterocycles. The molecular weight excluding hydrogens is 168 g/mol. The van der Waals surface area contributed by atoms with Gasteiger partial charge in [-0.2, -0.15) is 0 Å². The number of hydrogen-bond donors (Lipinski definition) is 2. The minimum atomic E-state index is -0.904. The molecule has 3 N–H and O–H groups in total. The standard InChI is InChI=1S/C9H12N2O2/c1-6-2-3-11-5-8(6)7(4-10)9(12)13/h2-3,5,7H,4,10H2,1H3,(H,12,13). The van der Waals surface area contributed by atoms with Crippen molar-refractivity contribution in [3.8, 4) is 0 Å². The van der Waals surface area contributed by atoms with Crippen LogP contribution in [0.4, 0.5) is 0 Å². The van der Waals surface area contributed by atoms with Crippen LogP contribution >= 0.6 is 0 Å². The minimum absolute atomic E-state index is 0.0991. The molecule has 1 aromatic rings. The first-order valence-electron chi connectivity index (χ1n) is 4.00. The van der Waals surface area contributed by atoms with Gasteiger partial charge in [-0.05, 0) is 24.1 Å². The van der Waals surface area contributed by atoms with Crippen molar-refractivity contribution in [2.24, 2.45) is 5.73 Å². The molecule has 0 aliphatic rings. The number of aliphatic carboxylic acids is 1. The van der Waals surface area contributed by atoms with E-state index >= 15 is 0 Å². The van der Waals surface area contributed by atoms with Crippen molar-refractivity contribution in [1.82, 2.24) is 4.98 Å². The summed E-state index contributed by atoms with van der Waals surface area (Å²) in [6, 6.07) is 1.78. The van der Waals surface area contributed by atoms with Gasteiger partial charge in [0.1, 0.15) is 0 Å². The lowest BCUT2D eigenvalue weighted by atomic mass is 9.97. The maximum Gasteiger partial charge on any atom is 0.312 e. The van der Waals surface area contributed by atoms with Gasteiger partial charge in [-0.25, -0.2) is 0 Å². The summed E-state index contributed by atoms with van der Waals surface area (Å²) in [5.41, 5.74) is 6.97. The number of rotatable bonds is 3. The molecule has 4 heteroatoms. The Morgan fingerprint density at radius 2 is 2.46 bits per heavy atom. The fourth-order valence-electron chi connectivity index (χ4n) is 1.20. The van der Waals surface area contributed by atoms with Gasteiger partial charge in [-0.15, -0.1) is 0 Å². The Bertz CT molecular complexity index is 312. The number of nitrogens with zero attached hydrogens (tertiary/aromatic N) is 1. The number of nitrogens with two attached hydrogens (primary N) is 1. The van der Waals surface area contributed by atoms with Crippen molar-refractivity contribution < 1.29 is 9.90 Å². The third-order valence-corrected chi connectivity index (χ3v) is 1.99.